The highest BCUT2D eigenvalue weighted by molar-refractivity contribution is 7.99. The molecule has 36 heavy (non-hydrogen) atoms. The molecule has 0 saturated carbocycles. The molecular weight excluding hydrogens is 494 g/mol. The van der Waals surface area contributed by atoms with Gasteiger partial charge in [-0.15, -0.1) is 21.5 Å². The average molecular weight is 528 g/mol. The highest BCUT2D eigenvalue weighted by atomic mass is 32.2. The van der Waals surface area contributed by atoms with E-state index in [2.05, 4.69) is 21.6 Å². The molecule has 2 heterocycles. The minimum atomic E-state index is -0.352. The van der Waals surface area contributed by atoms with Crippen molar-refractivity contribution in [2.45, 2.75) is 57.7 Å². The van der Waals surface area contributed by atoms with Gasteiger partial charge in [0.25, 0.3) is 0 Å². The van der Waals surface area contributed by atoms with Crippen LogP contribution >= 0.6 is 23.1 Å². The lowest BCUT2D eigenvalue weighted by molar-refractivity contribution is -0.113. The maximum Gasteiger partial charge on any atom is 0.341 e. The summed E-state index contributed by atoms with van der Waals surface area (Å²) in [4.78, 5) is 29.0. The summed E-state index contributed by atoms with van der Waals surface area (Å²) in [7, 11) is 4.00. The van der Waals surface area contributed by atoms with Crippen LogP contribution in [0.25, 0.3) is 11.4 Å². The SMILES string of the molecule is CCOC(=O)c1c(NC(=O)CSc2nnc(-c3cccc(N(C)C)c3)n2CC)sc2c1CCCCC2. The summed E-state index contributed by atoms with van der Waals surface area (Å²) in [5, 5.41) is 13.0. The predicted octanol–water partition coefficient (Wildman–Crippen LogP) is 5.27. The van der Waals surface area contributed by atoms with Crippen molar-refractivity contribution in [2.75, 3.05) is 36.7 Å². The van der Waals surface area contributed by atoms with Gasteiger partial charge in [0.2, 0.25) is 5.91 Å². The molecule has 1 aliphatic rings. The van der Waals surface area contributed by atoms with Gasteiger partial charge >= 0.3 is 5.97 Å². The molecule has 0 saturated heterocycles. The number of thioether (sulfide) groups is 1. The molecule has 192 valence electrons. The fourth-order valence-corrected chi connectivity index (χ4v) is 6.46. The summed E-state index contributed by atoms with van der Waals surface area (Å²) in [6, 6.07) is 8.14. The minimum absolute atomic E-state index is 0.167. The Balaban J connectivity index is 1.49. The number of hydrogen-bond acceptors (Lipinski definition) is 8. The third-order valence-corrected chi connectivity index (χ3v) is 8.31. The van der Waals surface area contributed by atoms with Crippen LogP contribution in [0.1, 0.15) is 53.9 Å². The Labute approximate surface area is 220 Å². The first-order valence-electron chi connectivity index (χ1n) is 12.4. The van der Waals surface area contributed by atoms with E-state index in [4.69, 9.17) is 4.74 Å². The molecule has 1 aliphatic carbocycles. The van der Waals surface area contributed by atoms with Gasteiger partial charge in [0.15, 0.2) is 11.0 Å². The topological polar surface area (TPSA) is 89.3 Å². The smallest absolute Gasteiger partial charge is 0.341 e. The van der Waals surface area contributed by atoms with Crippen molar-refractivity contribution in [3.8, 4) is 11.4 Å². The van der Waals surface area contributed by atoms with Crippen molar-refractivity contribution >= 4 is 45.7 Å². The Morgan fingerprint density at radius 2 is 1.97 bits per heavy atom. The van der Waals surface area contributed by atoms with E-state index in [9.17, 15) is 9.59 Å². The monoisotopic (exact) mass is 527 g/mol. The number of carbonyl (C=O) groups excluding carboxylic acids is 2. The summed E-state index contributed by atoms with van der Waals surface area (Å²) in [5.41, 5.74) is 3.65. The molecule has 4 rings (SSSR count). The molecule has 0 radical (unpaired) electrons. The van der Waals surface area contributed by atoms with Gasteiger partial charge in [-0.3, -0.25) is 4.79 Å². The lowest BCUT2D eigenvalue weighted by Gasteiger charge is -2.14. The first-order chi connectivity index (χ1) is 17.4. The van der Waals surface area contributed by atoms with Crippen LogP contribution in [0.5, 0.6) is 0 Å². The Morgan fingerprint density at radius 3 is 2.72 bits per heavy atom. The van der Waals surface area contributed by atoms with Gasteiger partial charge in [-0.1, -0.05) is 30.3 Å². The molecule has 3 aromatic rings. The van der Waals surface area contributed by atoms with Crippen molar-refractivity contribution in [2.24, 2.45) is 0 Å². The summed E-state index contributed by atoms with van der Waals surface area (Å²) in [6.07, 6.45) is 5.09. The molecule has 1 amide bonds. The van der Waals surface area contributed by atoms with Gasteiger partial charge in [-0.25, -0.2) is 4.79 Å². The zero-order valence-corrected chi connectivity index (χ0v) is 22.9. The molecule has 1 N–H and O–H groups in total. The second-order valence-electron chi connectivity index (χ2n) is 8.82. The van der Waals surface area contributed by atoms with Gasteiger partial charge in [-0.05, 0) is 57.2 Å². The number of aromatic nitrogens is 3. The van der Waals surface area contributed by atoms with Gasteiger partial charge in [-0.2, -0.15) is 0 Å². The Kier molecular flexibility index (Phi) is 8.68. The number of ether oxygens (including phenoxy) is 1. The van der Waals surface area contributed by atoms with Crippen molar-refractivity contribution in [3.05, 3.63) is 40.3 Å². The molecule has 0 unspecified atom stereocenters. The van der Waals surface area contributed by atoms with E-state index in [0.29, 0.717) is 28.9 Å². The quantitative estimate of drug-likeness (QED) is 0.230. The van der Waals surface area contributed by atoms with Crippen LogP contribution in [0.3, 0.4) is 0 Å². The molecule has 8 nitrogen and oxygen atoms in total. The van der Waals surface area contributed by atoms with E-state index in [1.54, 1.807) is 6.92 Å². The number of esters is 1. The van der Waals surface area contributed by atoms with Gasteiger partial charge in [0.1, 0.15) is 5.00 Å². The third-order valence-electron chi connectivity index (χ3n) is 6.14. The number of nitrogens with zero attached hydrogens (tertiary/aromatic N) is 4. The van der Waals surface area contributed by atoms with Gasteiger partial charge in [0, 0.05) is 36.8 Å². The maximum absolute atomic E-state index is 13.0. The van der Waals surface area contributed by atoms with Crippen molar-refractivity contribution in [1.29, 1.82) is 0 Å². The molecular formula is C26H33N5O3S2. The van der Waals surface area contributed by atoms with E-state index in [1.165, 1.54) is 28.0 Å². The highest BCUT2D eigenvalue weighted by Gasteiger charge is 2.27. The predicted molar refractivity (Wildman–Crippen MR) is 146 cm³/mol. The number of benzene rings is 1. The molecule has 1 aromatic carbocycles. The number of rotatable bonds is 9. The van der Waals surface area contributed by atoms with Crippen molar-refractivity contribution < 1.29 is 14.3 Å². The molecule has 0 aliphatic heterocycles. The van der Waals surface area contributed by atoms with E-state index in [1.807, 2.05) is 48.7 Å². The van der Waals surface area contributed by atoms with Crippen LogP contribution in [0, 0.1) is 0 Å². The maximum atomic E-state index is 13.0. The molecule has 10 heteroatoms. The Morgan fingerprint density at radius 1 is 1.17 bits per heavy atom. The van der Waals surface area contributed by atoms with Crippen LogP contribution in [0.15, 0.2) is 29.4 Å². The van der Waals surface area contributed by atoms with Crippen LogP contribution < -0.4 is 10.2 Å². The minimum Gasteiger partial charge on any atom is -0.462 e. The van der Waals surface area contributed by atoms with E-state index in [0.717, 1.165) is 54.7 Å². The second-order valence-corrected chi connectivity index (χ2v) is 10.9. The first-order valence-corrected chi connectivity index (χ1v) is 14.2. The molecule has 2 aromatic heterocycles. The van der Waals surface area contributed by atoms with Crippen molar-refractivity contribution in [1.82, 2.24) is 14.8 Å². The second kappa shape index (κ2) is 11.9. The largest absolute Gasteiger partial charge is 0.462 e. The van der Waals surface area contributed by atoms with Crippen LogP contribution in [0.4, 0.5) is 10.7 Å². The average Bonchev–Trinajstić information content (AvgIpc) is 3.35. The molecule has 0 fully saturated rings. The summed E-state index contributed by atoms with van der Waals surface area (Å²) in [6.45, 7) is 4.83. The lowest BCUT2D eigenvalue weighted by atomic mass is 10.1. The van der Waals surface area contributed by atoms with Crippen molar-refractivity contribution in [3.63, 3.8) is 0 Å². The standard InChI is InChI=1S/C26H33N5O3S2/c1-5-31-23(17-11-10-12-18(15-17)30(3)4)28-29-26(31)35-16-21(32)27-24-22(25(33)34-6-2)19-13-8-7-9-14-20(19)36-24/h10-12,15H,5-9,13-14,16H2,1-4H3,(H,27,32). The normalized spacial score (nSPS) is 13.1. The molecule has 0 spiro atoms. The fraction of sp³-hybridized carbons (Fsp3) is 0.462. The van der Waals surface area contributed by atoms with E-state index >= 15 is 0 Å². The summed E-state index contributed by atoms with van der Waals surface area (Å²) < 4.78 is 7.35. The number of amides is 1. The van der Waals surface area contributed by atoms with E-state index in [-0.39, 0.29) is 17.6 Å². The Bertz CT molecular complexity index is 1230. The van der Waals surface area contributed by atoms with Crippen LogP contribution in [0.2, 0.25) is 0 Å². The zero-order valence-electron chi connectivity index (χ0n) is 21.3. The van der Waals surface area contributed by atoms with Crippen LogP contribution in [-0.2, 0) is 28.9 Å². The molecule has 0 bridgehead atoms. The third kappa shape index (κ3) is 5.75. The van der Waals surface area contributed by atoms with Gasteiger partial charge in [0.05, 0.1) is 17.9 Å². The number of aryl methyl sites for hydroxylation is 1. The zero-order chi connectivity index (χ0) is 25.7. The van der Waals surface area contributed by atoms with Gasteiger partial charge < -0.3 is 19.5 Å². The molecule has 0 atom stereocenters. The number of thiophene rings is 1. The highest BCUT2D eigenvalue weighted by Crippen LogP contribution is 2.38. The van der Waals surface area contributed by atoms with Crippen LogP contribution in [-0.4, -0.2) is 53.1 Å². The fourth-order valence-electron chi connectivity index (χ4n) is 4.36. The number of hydrogen-bond donors (Lipinski definition) is 1. The number of anilines is 2. The Hall–Kier alpha value is -2.85. The number of nitrogens with one attached hydrogen (secondary N) is 1. The number of carbonyl (C=O) groups is 2. The number of fused-ring (bicyclic) bond motifs is 1. The van der Waals surface area contributed by atoms with E-state index < -0.39 is 0 Å². The first kappa shape index (κ1) is 26.2. The summed E-state index contributed by atoms with van der Waals surface area (Å²) in [5.74, 6) is 0.412. The lowest BCUT2D eigenvalue weighted by Crippen LogP contribution is -2.17. The summed E-state index contributed by atoms with van der Waals surface area (Å²) >= 11 is 2.86.